The Labute approximate surface area is 343 Å². The van der Waals surface area contributed by atoms with E-state index in [1.165, 1.54) is 83.5 Å². The van der Waals surface area contributed by atoms with E-state index in [1.54, 1.807) is 0 Å². The first kappa shape index (κ1) is 54.0. The molecule has 0 aliphatic carbocycles. The SMILES string of the molecule is CCCCCCCC/C=C\C/C=C\C/C=C\CCCC(=O)O[C@H](COC(=O)CCCCCCC/C=C\CCCCCCCC)COP(=O)([O-])OCC[N+](C)(C)C. The predicted molar refractivity (Wildman–Crippen MR) is 231 cm³/mol. The summed E-state index contributed by atoms with van der Waals surface area (Å²) in [4.78, 5) is 37.5. The number of hydrogen-bond donors (Lipinski definition) is 0. The van der Waals surface area contributed by atoms with Gasteiger partial charge in [-0.2, -0.15) is 0 Å². The highest BCUT2D eigenvalue weighted by atomic mass is 31.2. The molecule has 56 heavy (non-hydrogen) atoms. The molecule has 0 aromatic carbocycles. The van der Waals surface area contributed by atoms with Gasteiger partial charge in [-0.05, 0) is 70.6 Å². The van der Waals surface area contributed by atoms with Gasteiger partial charge in [0, 0.05) is 12.8 Å². The lowest BCUT2D eigenvalue weighted by Gasteiger charge is -2.28. The third-order valence-corrected chi connectivity index (χ3v) is 10.3. The second-order valence-electron chi connectivity index (χ2n) is 16.1. The zero-order chi connectivity index (χ0) is 41.4. The molecule has 0 amide bonds. The van der Waals surface area contributed by atoms with E-state index in [2.05, 4.69) is 56.4 Å². The van der Waals surface area contributed by atoms with Crippen LogP contribution in [-0.2, 0) is 32.7 Å². The van der Waals surface area contributed by atoms with Crippen LogP contribution in [0.3, 0.4) is 0 Å². The largest absolute Gasteiger partial charge is 0.756 e. The predicted octanol–water partition coefficient (Wildman–Crippen LogP) is 12.1. The Balaban J connectivity index is 4.46. The van der Waals surface area contributed by atoms with E-state index in [0.29, 0.717) is 30.3 Å². The second-order valence-corrected chi connectivity index (χ2v) is 17.5. The summed E-state index contributed by atoms with van der Waals surface area (Å²) in [6.07, 6.45) is 44.3. The van der Waals surface area contributed by atoms with E-state index in [-0.39, 0.29) is 26.1 Å². The summed E-state index contributed by atoms with van der Waals surface area (Å²) in [5.74, 6) is -0.906. The van der Waals surface area contributed by atoms with Gasteiger partial charge in [-0.1, -0.05) is 146 Å². The highest BCUT2D eigenvalue weighted by molar-refractivity contribution is 7.45. The number of phosphoric acid groups is 1. The van der Waals surface area contributed by atoms with E-state index in [1.807, 2.05) is 27.2 Å². The average Bonchev–Trinajstić information content (AvgIpc) is 3.15. The van der Waals surface area contributed by atoms with Gasteiger partial charge in [0.2, 0.25) is 0 Å². The van der Waals surface area contributed by atoms with Gasteiger partial charge in [0.25, 0.3) is 7.82 Å². The van der Waals surface area contributed by atoms with Crippen molar-refractivity contribution in [3.05, 3.63) is 48.6 Å². The van der Waals surface area contributed by atoms with E-state index in [9.17, 15) is 19.0 Å². The van der Waals surface area contributed by atoms with Crippen molar-refractivity contribution < 1.29 is 42.1 Å². The normalized spacial score (nSPS) is 14.0. The number of hydrogen-bond acceptors (Lipinski definition) is 8. The molecular formula is C46H84NO8P. The van der Waals surface area contributed by atoms with Crippen LogP contribution in [0.5, 0.6) is 0 Å². The number of phosphoric ester groups is 1. The molecule has 0 spiro atoms. The molecule has 9 nitrogen and oxygen atoms in total. The van der Waals surface area contributed by atoms with Crippen molar-refractivity contribution in [2.75, 3.05) is 47.5 Å². The van der Waals surface area contributed by atoms with Crippen LogP contribution in [-0.4, -0.2) is 70.0 Å². The molecule has 0 saturated heterocycles. The van der Waals surface area contributed by atoms with Crippen LogP contribution in [0.2, 0.25) is 0 Å². The van der Waals surface area contributed by atoms with Gasteiger partial charge < -0.3 is 27.9 Å². The zero-order valence-corrected chi connectivity index (χ0v) is 37.5. The minimum Gasteiger partial charge on any atom is -0.756 e. The molecule has 0 saturated carbocycles. The molecule has 0 bridgehead atoms. The van der Waals surface area contributed by atoms with Gasteiger partial charge in [0.05, 0.1) is 27.7 Å². The molecule has 0 aromatic rings. The van der Waals surface area contributed by atoms with Gasteiger partial charge in [-0.15, -0.1) is 0 Å². The summed E-state index contributed by atoms with van der Waals surface area (Å²) in [5, 5.41) is 0. The van der Waals surface area contributed by atoms with Crippen LogP contribution < -0.4 is 4.89 Å². The van der Waals surface area contributed by atoms with Crippen molar-refractivity contribution >= 4 is 19.8 Å². The van der Waals surface area contributed by atoms with Crippen LogP contribution in [0.4, 0.5) is 0 Å². The maximum absolute atomic E-state index is 12.6. The van der Waals surface area contributed by atoms with Crippen molar-refractivity contribution in [2.24, 2.45) is 0 Å². The van der Waals surface area contributed by atoms with Crippen molar-refractivity contribution in [3.8, 4) is 0 Å². The maximum Gasteiger partial charge on any atom is 0.306 e. The van der Waals surface area contributed by atoms with Crippen molar-refractivity contribution in [1.82, 2.24) is 0 Å². The quantitative estimate of drug-likeness (QED) is 0.0198. The molecule has 326 valence electrons. The Morgan fingerprint density at radius 2 is 0.982 bits per heavy atom. The van der Waals surface area contributed by atoms with Crippen molar-refractivity contribution in [3.63, 3.8) is 0 Å². The Kier molecular flexibility index (Phi) is 37.1. The molecule has 2 atom stereocenters. The molecular weight excluding hydrogens is 725 g/mol. The van der Waals surface area contributed by atoms with Crippen LogP contribution in [0.25, 0.3) is 0 Å². The average molecular weight is 810 g/mol. The summed E-state index contributed by atoms with van der Waals surface area (Å²) in [6, 6.07) is 0. The molecule has 0 aromatic heterocycles. The van der Waals surface area contributed by atoms with E-state index in [0.717, 1.165) is 51.4 Å². The summed E-state index contributed by atoms with van der Waals surface area (Å²) in [5.41, 5.74) is 0. The van der Waals surface area contributed by atoms with E-state index < -0.39 is 32.5 Å². The lowest BCUT2D eigenvalue weighted by molar-refractivity contribution is -0.870. The molecule has 0 fully saturated rings. The Bertz CT molecular complexity index is 1100. The fourth-order valence-corrected chi connectivity index (χ4v) is 6.51. The number of ether oxygens (including phenoxy) is 2. The molecule has 0 aliphatic rings. The third-order valence-electron chi connectivity index (χ3n) is 9.32. The maximum atomic E-state index is 12.6. The molecule has 0 heterocycles. The van der Waals surface area contributed by atoms with E-state index in [4.69, 9.17) is 18.5 Å². The fourth-order valence-electron chi connectivity index (χ4n) is 5.78. The summed E-state index contributed by atoms with van der Waals surface area (Å²) in [6.45, 7) is 4.14. The summed E-state index contributed by atoms with van der Waals surface area (Å²) >= 11 is 0. The lowest BCUT2D eigenvalue weighted by atomic mass is 10.1. The topological polar surface area (TPSA) is 111 Å². The van der Waals surface area contributed by atoms with E-state index >= 15 is 0 Å². The van der Waals surface area contributed by atoms with Crippen LogP contribution in [0.15, 0.2) is 48.6 Å². The fraction of sp³-hybridized carbons (Fsp3) is 0.783. The van der Waals surface area contributed by atoms with Gasteiger partial charge in [0.15, 0.2) is 6.10 Å². The van der Waals surface area contributed by atoms with Crippen LogP contribution in [0.1, 0.15) is 181 Å². The monoisotopic (exact) mass is 810 g/mol. The highest BCUT2D eigenvalue weighted by Gasteiger charge is 2.21. The summed E-state index contributed by atoms with van der Waals surface area (Å²) in [7, 11) is 1.13. The number of carbonyl (C=O) groups is 2. The molecule has 1 unspecified atom stereocenters. The molecule has 0 rings (SSSR count). The number of esters is 2. The number of rotatable bonds is 40. The van der Waals surface area contributed by atoms with Crippen molar-refractivity contribution in [2.45, 2.75) is 187 Å². The number of carbonyl (C=O) groups excluding carboxylic acids is 2. The van der Waals surface area contributed by atoms with Gasteiger partial charge in [-0.3, -0.25) is 14.2 Å². The van der Waals surface area contributed by atoms with Gasteiger partial charge in [-0.25, -0.2) is 0 Å². The van der Waals surface area contributed by atoms with Gasteiger partial charge >= 0.3 is 11.9 Å². The van der Waals surface area contributed by atoms with Crippen LogP contribution >= 0.6 is 7.82 Å². The minimum atomic E-state index is -4.64. The second kappa shape index (κ2) is 38.5. The zero-order valence-electron chi connectivity index (χ0n) is 36.6. The number of allylic oxidation sites excluding steroid dienone is 8. The summed E-state index contributed by atoms with van der Waals surface area (Å²) < 4.78 is 33.8. The Hall–Kier alpha value is -2.03. The van der Waals surface area contributed by atoms with Gasteiger partial charge in [0.1, 0.15) is 19.8 Å². The lowest BCUT2D eigenvalue weighted by Crippen LogP contribution is -2.37. The molecule has 0 aliphatic heterocycles. The highest BCUT2D eigenvalue weighted by Crippen LogP contribution is 2.38. The standard InChI is InChI=1S/C46H84NO8P/c1-6-8-10-12-14-16-18-20-22-23-25-27-29-31-33-35-37-39-46(49)55-44(43-54-56(50,51)53-41-40-47(3,4)5)42-52-45(48)38-36-34-32-30-28-26-24-21-19-17-15-13-11-9-7-2/h20-22,24-25,27,31,33,44H,6-19,23,26,28-30,32,34-43H2,1-5H3/b22-20-,24-21-,27-25-,33-31-/t44-/m1/s1. The first-order valence-electron chi connectivity index (χ1n) is 22.3. The molecule has 0 N–H and O–H groups in total. The first-order chi connectivity index (χ1) is 27.0. The Morgan fingerprint density at radius 3 is 1.50 bits per heavy atom. The number of likely N-dealkylation sites (N-methyl/N-ethyl adjacent to an activating group) is 1. The number of unbranched alkanes of at least 4 members (excludes halogenated alkanes) is 18. The smallest absolute Gasteiger partial charge is 0.306 e. The minimum absolute atomic E-state index is 0.0423. The number of quaternary nitrogens is 1. The number of nitrogens with zero attached hydrogens (tertiary/aromatic N) is 1. The van der Waals surface area contributed by atoms with Crippen LogP contribution in [0, 0.1) is 0 Å². The Morgan fingerprint density at radius 1 is 0.554 bits per heavy atom. The molecule has 10 heteroatoms. The first-order valence-corrected chi connectivity index (χ1v) is 23.8. The van der Waals surface area contributed by atoms with Crippen molar-refractivity contribution in [1.29, 1.82) is 0 Å². The third kappa shape index (κ3) is 41.6. The molecule has 0 radical (unpaired) electrons.